The SMILES string of the molecule is CC[C@H](O)CN1CCCN(C)CC1C. The Morgan fingerprint density at radius 3 is 2.79 bits per heavy atom. The van der Waals surface area contributed by atoms with Crippen molar-refractivity contribution in [3.05, 3.63) is 0 Å². The molecular weight excluding hydrogens is 176 g/mol. The lowest BCUT2D eigenvalue weighted by atomic mass is 10.2. The van der Waals surface area contributed by atoms with Gasteiger partial charge in [-0.1, -0.05) is 6.92 Å². The van der Waals surface area contributed by atoms with Gasteiger partial charge >= 0.3 is 0 Å². The van der Waals surface area contributed by atoms with Crippen LogP contribution in [0.5, 0.6) is 0 Å². The average molecular weight is 200 g/mol. The predicted molar refractivity (Wildman–Crippen MR) is 59.4 cm³/mol. The lowest BCUT2D eigenvalue weighted by Gasteiger charge is -2.29. The third-order valence-electron chi connectivity index (χ3n) is 3.10. The zero-order valence-electron chi connectivity index (χ0n) is 9.74. The van der Waals surface area contributed by atoms with E-state index in [9.17, 15) is 5.11 Å². The van der Waals surface area contributed by atoms with E-state index in [0.717, 1.165) is 26.1 Å². The first kappa shape index (κ1) is 12.0. The maximum atomic E-state index is 9.63. The van der Waals surface area contributed by atoms with Gasteiger partial charge in [0.05, 0.1) is 6.10 Å². The van der Waals surface area contributed by atoms with E-state index in [2.05, 4.69) is 23.8 Å². The predicted octanol–water partition coefficient (Wildman–Crippen LogP) is 0.783. The van der Waals surface area contributed by atoms with Crippen LogP contribution >= 0.6 is 0 Å². The van der Waals surface area contributed by atoms with Crippen molar-refractivity contribution in [1.82, 2.24) is 9.80 Å². The van der Waals surface area contributed by atoms with E-state index >= 15 is 0 Å². The van der Waals surface area contributed by atoms with Crippen LogP contribution in [0.25, 0.3) is 0 Å². The van der Waals surface area contributed by atoms with Crippen molar-refractivity contribution in [1.29, 1.82) is 0 Å². The standard InChI is InChI=1S/C11H24N2O/c1-4-11(14)9-13-7-5-6-12(3)8-10(13)2/h10-11,14H,4-9H2,1-3H3/t10?,11-/m0/s1. The summed E-state index contributed by atoms with van der Waals surface area (Å²) >= 11 is 0. The fraction of sp³-hybridized carbons (Fsp3) is 1.00. The van der Waals surface area contributed by atoms with Crippen molar-refractivity contribution in [2.75, 3.05) is 33.2 Å². The van der Waals surface area contributed by atoms with Crippen LogP contribution in [0.4, 0.5) is 0 Å². The van der Waals surface area contributed by atoms with Gasteiger partial charge in [-0.2, -0.15) is 0 Å². The number of rotatable bonds is 3. The lowest BCUT2D eigenvalue weighted by molar-refractivity contribution is 0.0894. The molecule has 1 saturated heterocycles. The van der Waals surface area contributed by atoms with Gasteiger partial charge in [0.15, 0.2) is 0 Å². The molecule has 2 atom stereocenters. The zero-order chi connectivity index (χ0) is 10.6. The molecule has 0 radical (unpaired) electrons. The largest absolute Gasteiger partial charge is 0.392 e. The summed E-state index contributed by atoms with van der Waals surface area (Å²) in [5, 5.41) is 9.63. The van der Waals surface area contributed by atoms with Crippen LogP contribution < -0.4 is 0 Å². The van der Waals surface area contributed by atoms with Gasteiger partial charge in [0.2, 0.25) is 0 Å². The average Bonchev–Trinajstić information content (AvgIpc) is 2.29. The Hall–Kier alpha value is -0.120. The molecule has 0 saturated carbocycles. The Bertz CT molecular complexity index is 163. The molecule has 0 bridgehead atoms. The van der Waals surface area contributed by atoms with Crippen molar-refractivity contribution in [2.45, 2.75) is 38.8 Å². The van der Waals surface area contributed by atoms with Crippen molar-refractivity contribution in [2.24, 2.45) is 0 Å². The number of nitrogens with zero attached hydrogens (tertiary/aromatic N) is 2. The van der Waals surface area contributed by atoms with E-state index in [0.29, 0.717) is 6.04 Å². The van der Waals surface area contributed by atoms with Crippen LogP contribution in [0.1, 0.15) is 26.7 Å². The Morgan fingerprint density at radius 1 is 1.43 bits per heavy atom. The molecule has 0 aromatic rings. The first-order valence-electron chi connectivity index (χ1n) is 5.74. The van der Waals surface area contributed by atoms with E-state index < -0.39 is 0 Å². The molecule has 1 fully saturated rings. The summed E-state index contributed by atoms with van der Waals surface area (Å²) in [6, 6.07) is 0.573. The molecule has 0 amide bonds. The third-order valence-corrected chi connectivity index (χ3v) is 3.10. The van der Waals surface area contributed by atoms with Gasteiger partial charge in [0.1, 0.15) is 0 Å². The Kier molecular flexibility index (Phi) is 4.85. The van der Waals surface area contributed by atoms with Gasteiger partial charge < -0.3 is 10.0 Å². The Labute approximate surface area is 87.7 Å². The van der Waals surface area contributed by atoms with Crippen LogP contribution in [-0.4, -0.2) is 60.3 Å². The zero-order valence-corrected chi connectivity index (χ0v) is 9.74. The molecule has 0 aromatic carbocycles. The highest BCUT2D eigenvalue weighted by Gasteiger charge is 2.20. The molecule has 84 valence electrons. The van der Waals surface area contributed by atoms with Crippen molar-refractivity contribution >= 4 is 0 Å². The second-order valence-electron chi connectivity index (χ2n) is 4.52. The molecule has 3 heteroatoms. The van der Waals surface area contributed by atoms with Crippen molar-refractivity contribution in [3.8, 4) is 0 Å². The molecule has 0 spiro atoms. The molecule has 0 aromatic heterocycles. The minimum Gasteiger partial charge on any atom is -0.392 e. The molecule has 3 nitrogen and oxygen atoms in total. The molecule has 1 unspecified atom stereocenters. The highest BCUT2D eigenvalue weighted by molar-refractivity contribution is 4.76. The highest BCUT2D eigenvalue weighted by Crippen LogP contribution is 2.09. The first-order chi connectivity index (χ1) is 6.63. The van der Waals surface area contributed by atoms with Crippen LogP contribution in [0.15, 0.2) is 0 Å². The normalized spacial score (nSPS) is 28.7. The summed E-state index contributed by atoms with van der Waals surface area (Å²) < 4.78 is 0. The highest BCUT2D eigenvalue weighted by atomic mass is 16.3. The van der Waals surface area contributed by atoms with Crippen molar-refractivity contribution in [3.63, 3.8) is 0 Å². The number of aliphatic hydroxyl groups is 1. The minimum atomic E-state index is -0.152. The number of hydrogen-bond acceptors (Lipinski definition) is 3. The van der Waals surface area contributed by atoms with E-state index in [4.69, 9.17) is 0 Å². The summed E-state index contributed by atoms with van der Waals surface area (Å²) in [6.45, 7) is 8.57. The molecule has 1 aliphatic heterocycles. The maximum Gasteiger partial charge on any atom is 0.0664 e. The van der Waals surface area contributed by atoms with E-state index in [1.165, 1.54) is 13.0 Å². The van der Waals surface area contributed by atoms with Gasteiger partial charge in [-0.3, -0.25) is 4.90 Å². The molecule has 1 aliphatic rings. The summed E-state index contributed by atoms with van der Waals surface area (Å²) in [5.74, 6) is 0. The topological polar surface area (TPSA) is 26.7 Å². The fourth-order valence-electron chi connectivity index (χ4n) is 2.09. The maximum absolute atomic E-state index is 9.63. The number of aliphatic hydroxyl groups excluding tert-OH is 1. The van der Waals surface area contributed by atoms with Crippen molar-refractivity contribution < 1.29 is 5.11 Å². The smallest absolute Gasteiger partial charge is 0.0664 e. The van der Waals surface area contributed by atoms with E-state index in [-0.39, 0.29) is 6.10 Å². The number of β-amino-alcohol motifs (C(OH)–C–C–N with tert-alkyl or cyclic N) is 1. The third kappa shape index (κ3) is 3.56. The molecule has 1 rings (SSSR count). The quantitative estimate of drug-likeness (QED) is 0.729. The number of hydrogen-bond donors (Lipinski definition) is 1. The molecule has 0 aliphatic carbocycles. The summed E-state index contributed by atoms with van der Waals surface area (Å²) in [4.78, 5) is 4.79. The van der Waals surface area contributed by atoms with E-state index in [1.54, 1.807) is 0 Å². The van der Waals surface area contributed by atoms with Gasteiger partial charge in [-0.15, -0.1) is 0 Å². The summed E-state index contributed by atoms with van der Waals surface area (Å²) in [6.07, 6.45) is 1.93. The molecule has 14 heavy (non-hydrogen) atoms. The van der Waals surface area contributed by atoms with Gasteiger partial charge in [0.25, 0.3) is 0 Å². The minimum absolute atomic E-state index is 0.152. The van der Waals surface area contributed by atoms with Crippen LogP contribution in [0.2, 0.25) is 0 Å². The first-order valence-corrected chi connectivity index (χ1v) is 5.74. The van der Waals surface area contributed by atoms with Gasteiger partial charge in [-0.05, 0) is 39.9 Å². The second-order valence-corrected chi connectivity index (χ2v) is 4.52. The number of likely N-dealkylation sites (N-methyl/N-ethyl adjacent to an activating group) is 1. The molecule has 1 N–H and O–H groups in total. The second kappa shape index (κ2) is 5.69. The summed E-state index contributed by atoms with van der Waals surface area (Å²) in [5.41, 5.74) is 0. The summed E-state index contributed by atoms with van der Waals surface area (Å²) in [7, 11) is 2.18. The van der Waals surface area contributed by atoms with Gasteiger partial charge in [-0.25, -0.2) is 0 Å². The van der Waals surface area contributed by atoms with Crippen LogP contribution in [0.3, 0.4) is 0 Å². The Morgan fingerprint density at radius 2 is 2.14 bits per heavy atom. The lowest BCUT2D eigenvalue weighted by Crippen LogP contribution is -2.41. The molecular formula is C11H24N2O. The van der Waals surface area contributed by atoms with Crippen LogP contribution in [-0.2, 0) is 0 Å². The molecule has 1 heterocycles. The monoisotopic (exact) mass is 200 g/mol. The Balaban J connectivity index is 2.42. The van der Waals surface area contributed by atoms with Crippen LogP contribution in [0, 0.1) is 0 Å². The fourth-order valence-corrected chi connectivity index (χ4v) is 2.09. The van der Waals surface area contributed by atoms with Gasteiger partial charge in [0, 0.05) is 19.1 Å². The van der Waals surface area contributed by atoms with E-state index in [1.807, 2.05) is 6.92 Å².